The van der Waals surface area contributed by atoms with Crippen molar-refractivity contribution in [2.24, 2.45) is 0 Å². The summed E-state index contributed by atoms with van der Waals surface area (Å²) in [4.78, 5) is 3.74. The molecule has 0 radical (unpaired) electrons. The van der Waals surface area contributed by atoms with Gasteiger partial charge in [0.15, 0.2) is 0 Å². The van der Waals surface area contributed by atoms with Gasteiger partial charge in [-0.15, -0.1) is 11.3 Å². The fourth-order valence-corrected chi connectivity index (χ4v) is 5.61. The first kappa shape index (κ1) is 16.9. The number of sulfonamides is 1. The molecule has 0 spiro atoms. The third-order valence-electron chi connectivity index (χ3n) is 3.74. The topological polar surface area (TPSA) is 61.4 Å². The van der Waals surface area contributed by atoms with Gasteiger partial charge in [0.1, 0.15) is 4.90 Å². The molecule has 21 heavy (non-hydrogen) atoms. The lowest BCUT2D eigenvalue weighted by Gasteiger charge is -2.14. The second-order valence-electron chi connectivity index (χ2n) is 5.50. The summed E-state index contributed by atoms with van der Waals surface area (Å²) in [5.74, 6) is 0. The van der Waals surface area contributed by atoms with Crippen LogP contribution in [-0.4, -0.2) is 46.5 Å². The SMILES string of the molecule is CNCc1scc(C)c1S(=O)(=O)NCCCN1CCCC1. The highest BCUT2D eigenvalue weighted by atomic mass is 32.2. The highest BCUT2D eigenvalue weighted by Crippen LogP contribution is 2.26. The van der Waals surface area contributed by atoms with E-state index in [-0.39, 0.29) is 0 Å². The number of hydrogen-bond donors (Lipinski definition) is 2. The Hall–Kier alpha value is -0.470. The van der Waals surface area contributed by atoms with E-state index in [2.05, 4.69) is 14.9 Å². The van der Waals surface area contributed by atoms with Crippen molar-refractivity contribution in [2.45, 2.75) is 37.6 Å². The van der Waals surface area contributed by atoms with Gasteiger partial charge in [-0.25, -0.2) is 13.1 Å². The molecule has 0 saturated carbocycles. The van der Waals surface area contributed by atoms with Crippen LogP contribution in [-0.2, 0) is 16.6 Å². The summed E-state index contributed by atoms with van der Waals surface area (Å²) < 4.78 is 27.7. The largest absolute Gasteiger partial charge is 0.315 e. The van der Waals surface area contributed by atoms with Gasteiger partial charge in [-0.1, -0.05) is 0 Å². The maximum absolute atomic E-state index is 12.5. The summed E-state index contributed by atoms with van der Waals surface area (Å²) >= 11 is 1.50. The van der Waals surface area contributed by atoms with Crippen molar-refractivity contribution in [3.05, 3.63) is 15.8 Å². The number of thiophene rings is 1. The van der Waals surface area contributed by atoms with Crippen LogP contribution < -0.4 is 10.0 Å². The average Bonchev–Trinajstić information content (AvgIpc) is 3.05. The normalized spacial score (nSPS) is 16.7. The van der Waals surface area contributed by atoms with E-state index in [1.54, 1.807) is 0 Å². The van der Waals surface area contributed by atoms with Crippen LogP contribution in [0.1, 0.15) is 29.7 Å². The summed E-state index contributed by atoms with van der Waals surface area (Å²) in [7, 11) is -1.57. The Bertz CT molecular complexity index is 549. The summed E-state index contributed by atoms with van der Waals surface area (Å²) in [5, 5.41) is 4.93. The lowest BCUT2D eigenvalue weighted by Crippen LogP contribution is -2.29. The second-order valence-corrected chi connectivity index (χ2v) is 8.17. The van der Waals surface area contributed by atoms with E-state index in [4.69, 9.17) is 0 Å². The van der Waals surface area contributed by atoms with Gasteiger partial charge in [0.2, 0.25) is 10.0 Å². The lowest BCUT2D eigenvalue weighted by atomic mass is 10.3. The minimum atomic E-state index is -3.39. The van der Waals surface area contributed by atoms with Crippen LogP contribution in [0.5, 0.6) is 0 Å². The third-order valence-corrected chi connectivity index (χ3v) is 6.66. The van der Waals surface area contributed by atoms with Crippen molar-refractivity contribution in [1.29, 1.82) is 0 Å². The molecule has 0 amide bonds. The molecule has 0 atom stereocenters. The molecule has 1 saturated heterocycles. The van der Waals surface area contributed by atoms with Crippen LogP contribution in [0.25, 0.3) is 0 Å². The number of nitrogens with one attached hydrogen (secondary N) is 2. The second kappa shape index (κ2) is 7.69. The van der Waals surface area contributed by atoms with Crippen LogP contribution in [0.2, 0.25) is 0 Å². The highest BCUT2D eigenvalue weighted by Gasteiger charge is 2.22. The Morgan fingerprint density at radius 1 is 1.33 bits per heavy atom. The van der Waals surface area contributed by atoms with E-state index in [0.717, 1.165) is 36.5 Å². The molecular weight excluding hydrogens is 306 g/mol. The number of hydrogen-bond acceptors (Lipinski definition) is 5. The first-order chi connectivity index (χ1) is 10.0. The van der Waals surface area contributed by atoms with E-state index >= 15 is 0 Å². The lowest BCUT2D eigenvalue weighted by molar-refractivity contribution is 0.334. The van der Waals surface area contributed by atoms with Crippen LogP contribution in [0.15, 0.2) is 10.3 Å². The third kappa shape index (κ3) is 4.50. The molecule has 7 heteroatoms. The molecule has 1 aliphatic rings. The molecule has 2 heterocycles. The van der Waals surface area contributed by atoms with Gasteiger partial charge in [0.05, 0.1) is 0 Å². The van der Waals surface area contributed by atoms with Crippen molar-refractivity contribution in [1.82, 2.24) is 14.9 Å². The van der Waals surface area contributed by atoms with Crippen LogP contribution >= 0.6 is 11.3 Å². The average molecular weight is 332 g/mol. The molecule has 120 valence electrons. The van der Waals surface area contributed by atoms with Crippen molar-refractivity contribution in [3.8, 4) is 0 Å². The summed E-state index contributed by atoms with van der Waals surface area (Å²) in [5.41, 5.74) is 0.831. The quantitative estimate of drug-likeness (QED) is 0.710. The minimum Gasteiger partial charge on any atom is -0.315 e. The van der Waals surface area contributed by atoms with E-state index in [0.29, 0.717) is 18.0 Å². The van der Waals surface area contributed by atoms with Gasteiger partial charge in [0, 0.05) is 18.0 Å². The van der Waals surface area contributed by atoms with Gasteiger partial charge < -0.3 is 10.2 Å². The molecule has 1 fully saturated rings. The fraction of sp³-hybridized carbons (Fsp3) is 0.714. The number of aryl methyl sites for hydroxylation is 1. The number of nitrogens with zero attached hydrogens (tertiary/aromatic N) is 1. The molecular formula is C14H25N3O2S2. The summed E-state index contributed by atoms with van der Waals surface area (Å²) in [6, 6.07) is 0. The zero-order valence-electron chi connectivity index (χ0n) is 12.8. The predicted octanol–water partition coefficient (Wildman–Crippen LogP) is 1.54. The number of likely N-dealkylation sites (tertiary alicyclic amines) is 1. The zero-order valence-corrected chi connectivity index (χ0v) is 14.4. The Kier molecular flexibility index (Phi) is 6.19. The summed E-state index contributed by atoms with van der Waals surface area (Å²) in [6.45, 7) is 6.24. The highest BCUT2D eigenvalue weighted by molar-refractivity contribution is 7.89. The number of rotatable bonds is 8. The van der Waals surface area contributed by atoms with Gasteiger partial charge in [-0.3, -0.25) is 0 Å². The van der Waals surface area contributed by atoms with E-state index < -0.39 is 10.0 Å². The van der Waals surface area contributed by atoms with Crippen molar-refractivity contribution in [3.63, 3.8) is 0 Å². The van der Waals surface area contributed by atoms with Crippen molar-refractivity contribution < 1.29 is 8.42 Å². The molecule has 2 N–H and O–H groups in total. The van der Waals surface area contributed by atoms with Gasteiger partial charge >= 0.3 is 0 Å². The maximum atomic E-state index is 12.5. The smallest absolute Gasteiger partial charge is 0.241 e. The van der Waals surface area contributed by atoms with Gasteiger partial charge in [-0.2, -0.15) is 0 Å². The van der Waals surface area contributed by atoms with E-state index in [1.165, 1.54) is 24.2 Å². The van der Waals surface area contributed by atoms with E-state index in [1.807, 2.05) is 19.4 Å². The fourth-order valence-electron chi connectivity index (χ4n) is 2.72. The molecule has 0 bridgehead atoms. The van der Waals surface area contributed by atoms with Gasteiger partial charge in [0.25, 0.3) is 0 Å². The Balaban J connectivity index is 1.90. The molecule has 1 aromatic heterocycles. The Labute approximate surface area is 131 Å². The van der Waals surface area contributed by atoms with E-state index in [9.17, 15) is 8.42 Å². The molecule has 0 aliphatic carbocycles. The molecule has 0 unspecified atom stereocenters. The first-order valence-corrected chi connectivity index (χ1v) is 9.84. The van der Waals surface area contributed by atoms with Crippen LogP contribution in [0, 0.1) is 6.92 Å². The Morgan fingerprint density at radius 2 is 2.05 bits per heavy atom. The molecule has 1 aromatic rings. The van der Waals surface area contributed by atoms with Crippen molar-refractivity contribution in [2.75, 3.05) is 33.2 Å². The van der Waals surface area contributed by atoms with Gasteiger partial charge in [-0.05, 0) is 63.8 Å². The van der Waals surface area contributed by atoms with Crippen LogP contribution in [0.3, 0.4) is 0 Å². The maximum Gasteiger partial charge on any atom is 0.241 e. The monoisotopic (exact) mass is 331 g/mol. The molecule has 2 rings (SSSR count). The van der Waals surface area contributed by atoms with Crippen molar-refractivity contribution >= 4 is 21.4 Å². The molecule has 5 nitrogen and oxygen atoms in total. The molecule has 0 aromatic carbocycles. The summed E-state index contributed by atoms with van der Waals surface area (Å²) in [6.07, 6.45) is 3.41. The standard InChI is InChI=1S/C14H25N3O2S2/c1-12-11-20-13(10-15-2)14(12)21(18,19)16-6-5-9-17-7-3-4-8-17/h11,15-16H,3-10H2,1-2H3. The first-order valence-electron chi connectivity index (χ1n) is 7.48. The molecule has 1 aliphatic heterocycles. The predicted molar refractivity (Wildman–Crippen MR) is 87.3 cm³/mol. The Morgan fingerprint density at radius 3 is 2.71 bits per heavy atom. The van der Waals surface area contributed by atoms with Crippen LogP contribution in [0.4, 0.5) is 0 Å². The minimum absolute atomic E-state index is 0.461. The zero-order chi connectivity index (χ0) is 15.3.